The van der Waals surface area contributed by atoms with Crippen molar-refractivity contribution in [3.05, 3.63) is 36.3 Å². The van der Waals surface area contributed by atoms with E-state index in [1.807, 2.05) is 28.9 Å². The second-order valence-corrected chi connectivity index (χ2v) is 5.69. The molecule has 2 aromatic heterocycles. The highest BCUT2D eigenvalue weighted by atomic mass is 16.3. The summed E-state index contributed by atoms with van der Waals surface area (Å²) in [7, 11) is 0. The number of aliphatic hydroxyl groups is 1. The van der Waals surface area contributed by atoms with E-state index in [4.69, 9.17) is 0 Å². The molecular formula is C14H17N3O. The van der Waals surface area contributed by atoms with Crippen LogP contribution in [-0.4, -0.2) is 26.6 Å². The van der Waals surface area contributed by atoms with Gasteiger partial charge in [-0.3, -0.25) is 0 Å². The standard InChI is InChI=1S/C14H17N3O/c18-14(7-11-2-3-12(8-14)16-11)10-1-4-13-15-5-6-17(13)9-10/h1,4-6,9,11-12,16,18H,2-3,7-8H2. The summed E-state index contributed by atoms with van der Waals surface area (Å²) in [6, 6.07) is 4.96. The maximum atomic E-state index is 10.9. The molecule has 0 aromatic carbocycles. The number of nitrogens with one attached hydrogen (secondary N) is 1. The third-order valence-electron chi connectivity index (χ3n) is 4.43. The summed E-state index contributed by atoms with van der Waals surface area (Å²) >= 11 is 0. The Kier molecular flexibility index (Phi) is 2.08. The predicted molar refractivity (Wildman–Crippen MR) is 68.3 cm³/mol. The molecule has 2 N–H and O–H groups in total. The van der Waals surface area contributed by atoms with Crippen LogP contribution in [0.15, 0.2) is 30.7 Å². The summed E-state index contributed by atoms with van der Waals surface area (Å²) in [6.07, 6.45) is 9.77. The van der Waals surface area contributed by atoms with Crippen LogP contribution in [0.4, 0.5) is 0 Å². The second kappa shape index (κ2) is 3.56. The van der Waals surface area contributed by atoms with Gasteiger partial charge in [-0.25, -0.2) is 4.98 Å². The van der Waals surface area contributed by atoms with Gasteiger partial charge in [0.05, 0.1) is 5.60 Å². The number of aromatic nitrogens is 2. The molecule has 2 saturated heterocycles. The summed E-state index contributed by atoms with van der Waals surface area (Å²) in [5.41, 5.74) is 1.28. The largest absolute Gasteiger partial charge is 0.385 e. The molecular weight excluding hydrogens is 226 g/mol. The van der Waals surface area contributed by atoms with Gasteiger partial charge in [-0.2, -0.15) is 0 Å². The molecule has 4 heteroatoms. The van der Waals surface area contributed by atoms with Gasteiger partial charge in [0.25, 0.3) is 0 Å². The molecule has 2 aromatic rings. The van der Waals surface area contributed by atoms with Crippen LogP contribution in [0.25, 0.3) is 5.65 Å². The van der Waals surface area contributed by atoms with Crippen LogP contribution in [0.3, 0.4) is 0 Å². The molecule has 2 unspecified atom stereocenters. The van der Waals surface area contributed by atoms with E-state index in [9.17, 15) is 5.11 Å². The van der Waals surface area contributed by atoms with E-state index in [2.05, 4.69) is 10.3 Å². The van der Waals surface area contributed by atoms with Crippen molar-refractivity contribution in [3.63, 3.8) is 0 Å². The number of piperidine rings is 1. The molecule has 0 spiro atoms. The molecule has 2 bridgehead atoms. The number of rotatable bonds is 1. The van der Waals surface area contributed by atoms with Crippen molar-refractivity contribution in [2.24, 2.45) is 0 Å². The number of pyridine rings is 1. The average Bonchev–Trinajstić information content (AvgIpc) is 2.95. The Bertz CT molecular complexity index is 579. The quantitative estimate of drug-likeness (QED) is 0.796. The molecule has 2 fully saturated rings. The van der Waals surface area contributed by atoms with Crippen molar-refractivity contribution in [1.29, 1.82) is 0 Å². The number of imidazole rings is 1. The van der Waals surface area contributed by atoms with Gasteiger partial charge in [0.2, 0.25) is 0 Å². The van der Waals surface area contributed by atoms with Crippen LogP contribution < -0.4 is 5.32 Å². The van der Waals surface area contributed by atoms with Gasteiger partial charge in [0.15, 0.2) is 0 Å². The summed E-state index contributed by atoms with van der Waals surface area (Å²) in [5, 5.41) is 14.5. The molecule has 4 nitrogen and oxygen atoms in total. The Morgan fingerprint density at radius 2 is 2.06 bits per heavy atom. The van der Waals surface area contributed by atoms with E-state index < -0.39 is 5.60 Å². The Morgan fingerprint density at radius 1 is 1.28 bits per heavy atom. The Balaban J connectivity index is 1.76. The molecule has 2 atom stereocenters. The lowest BCUT2D eigenvalue weighted by molar-refractivity contribution is -0.0117. The number of nitrogens with zero attached hydrogens (tertiary/aromatic N) is 2. The minimum absolute atomic E-state index is 0.479. The monoisotopic (exact) mass is 243 g/mol. The fourth-order valence-corrected chi connectivity index (χ4v) is 3.55. The molecule has 2 aliphatic rings. The maximum Gasteiger partial charge on any atom is 0.136 e. The Hall–Kier alpha value is -1.39. The minimum Gasteiger partial charge on any atom is -0.385 e. The van der Waals surface area contributed by atoms with E-state index in [0.717, 1.165) is 24.1 Å². The minimum atomic E-state index is -0.671. The zero-order valence-corrected chi connectivity index (χ0v) is 10.2. The Morgan fingerprint density at radius 3 is 2.83 bits per heavy atom. The van der Waals surface area contributed by atoms with Crippen LogP contribution in [-0.2, 0) is 5.60 Å². The molecule has 94 valence electrons. The first-order valence-electron chi connectivity index (χ1n) is 6.65. The van der Waals surface area contributed by atoms with E-state index in [-0.39, 0.29) is 0 Å². The first kappa shape index (κ1) is 10.5. The SMILES string of the molecule is OC1(c2ccc3nccn3c2)CC2CCC(C1)N2. The van der Waals surface area contributed by atoms with Crippen LogP contribution in [0.5, 0.6) is 0 Å². The van der Waals surface area contributed by atoms with Crippen LogP contribution in [0, 0.1) is 0 Å². The lowest BCUT2D eigenvalue weighted by atomic mass is 9.82. The van der Waals surface area contributed by atoms with Crippen LogP contribution >= 0.6 is 0 Å². The first-order valence-corrected chi connectivity index (χ1v) is 6.65. The molecule has 0 amide bonds. The van der Waals surface area contributed by atoms with Gasteiger partial charge in [-0.15, -0.1) is 0 Å². The smallest absolute Gasteiger partial charge is 0.136 e. The lowest BCUT2D eigenvalue weighted by Crippen LogP contribution is -2.46. The van der Waals surface area contributed by atoms with Crippen molar-refractivity contribution < 1.29 is 5.11 Å². The van der Waals surface area contributed by atoms with E-state index in [1.54, 1.807) is 6.20 Å². The highest BCUT2D eigenvalue weighted by molar-refractivity contribution is 5.41. The van der Waals surface area contributed by atoms with Gasteiger partial charge in [0.1, 0.15) is 5.65 Å². The van der Waals surface area contributed by atoms with E-state index in [0.29, 0.717) is 12.1 Å². The predicted octanol–water partition coefficient (Wildman–Crippen LogP) is 1.44. The summed E-state index contributed by atoms with van der Waals surface area (Å²) in [5.74, 6) is 0. The highest BCUT2D eigenvalue weighted by Gasteiger charge is 2.43. The first-order chi connectivity index (χ1) is 8.73. The van der Waals surface area contributed by atoms with E-state index in [1.165, 1.54) is 12.8 Å². The van der Waals surface area contributed by atoms with Crippen molar-refractivity contribution in [2.75, 3.05) is 0 Å². The third kappa shape index (κ3) is 1.49. The zero-order chi connectivity index (χ0) is 12.2. The molecule has 2 aliphatic heterocycles. The fourth-order valence-electron chi connectivity index (χ4n) is 3.55. The molecule has 4 heterocycles. The average molecular weight is 243 g/mol. The van der Waals surface area contributed by atoms with Gasteiger partial charge in [0, 0.05) is 36.2 Å². The second-order valence-electron chi connectivity index (χ2n) is 5.69. The fraction of sp³-hybridized carbons (Fsp3) is 0.500. The topological polar surface area (TPSA) is 49.6 Å². The number of hydrogen-bond donors (Lipinski definition) is 2. The van der Waals surface area contributed by atoms with Crippen LogP contribution in [0.1, 0.15) is 31.2 Å². The number of hydrogen-bond acceptors (Lipinski definition) is 3. The molecule has 0 radical (unpaired) electrons. The number of fused-ring (bicyclic) bond motifs is 3. The molecule has 0 aliphatic carbocycles. The zero-order valence-electron chi connectivity index (χ0n) is 10.2. The molecule has 4 rings (SSSR count). The van der Waals surface area contributed by atoms with Crippen molar-refractivity contribution in [1.82, 2.24) is 14.7 Å². The highest BCUT2D eigenvalue weighted by Crippen LogP contribution is 2.40. The van der Waals surface area contributed by atoms with Crippen molar-refractivity contribution >= 4 is 5.65 Å². The van der Waals surface area contributed by atoms with Crippen molar-refractivity contribution in [2.45, 2.75) is 43.4 Å². The normalized spacial score (nSPS) is 35.2. The van der Waals surface area contributed by atoms with Gasteiger partial charge in [-0.1, -0.05) is 6.07 Å². The lowest BCUT2D eigenvalue weighted by Gasteiger charge is -2.37. The van der Waals surface area contributed by atoms with Crippen LogP contribution in [0.2, 0.25) is 0 Å². The van der Waals surface area contributed by atoms with Gasteiger partial charge >= 0.3 is 0 Å². The van der Waals surface area contributed by atoms with E-state index >= 15 is 0 Å². The summed E-state index contributed by atoms with van der Waals surface area (Å²) in [4.78, 5) is 4.24. The molecule has 18 heavy (non-hydrogen) atoms. The Labute approximate surface area is 106 Å². The van der Waals surface area contributed by atoms with Gasteiger partial charge in [-0.05, 0) is 31.7 Å². The van der Waals surface area contributed by atoms with Crippen molar-refractivity contribution in [3.8, 4) is 0 Å². The third-order valence-corrected chi connectivity index (χ3v) is 4.43. The summed E-state index contributed by atoms with van der Waals surface area (Å²) in [6.45, 7) is 0. The van der Waals surface area contributed by atoms with Gasteiger partial charge < -0.3 is 14.8 Å². The summed E-state index contributed by atoms with van der Waals surface area (Å²) < 4.78 is 1.98. The molecule has 0 saturated carbocycles. The maximum absolute atomic E-state index is 10.9.